The standard InChI is InChI=1S/C14H15N3OS2/c1-8-3-4-9-10(7-8)20-13(16-9)17-12(18)14(11(15)19)5-2-6-14/h3-4,7H,2,5-6H2,1H3,(H2,15,19)(H,16,17,18). The molecule has 1 heterocycles. The second-order valence-corrected chi connectivity index (χ2v) is 6.71. The SMILES string of the molecule is Cc1ccc2nc(NC(=O)C3(C(N)=S)CCC3)sc2c1. The molecule has 0 unspecified atom stereocenters. The van der Waals surface area contributed by atoms with Crippen molar-refractivity contribution >= 4 is 49.8 Å². The van der Waals surface area contributed by atoms with E-state index in [0.717, 1.165) is 29.5 Å². The lowest BCUT2D eigenvalue weighted by Gasteiger charge is -2.38. The molecule has 6 heteroatoms. The molecule has 0 spiro atoms. The average molecular weight is 305 g/mol. The van der Waals surface area contributed by atoms with Gasteiger partial charge in [-0.3, -0.25) is 4.79 Å². The number of nitrogens with one attached hydrogen (secondary N) is 1. The quantitative estimate of drug-likeness (QED) is 0.855. The van der Waals surface area contributed by atoms with Gasteiger partial charge in [0, 0.05) is 0 Å². The zero-order chi connectivity index (χ0) is 14.3. The molecule has 0 aliphatic heterocycles. The predicted octanol–water partition coefficient (Wildman–Crippen LogP) is 3.00. The number of carbonyl (C=O) groups excluding carboxylic acids is 1. The fourth-order valence-electron chi connectivity index (χ4n) is 2.42. The Morgan fingerprint density at radius 1 is 1.50 bits per heavy atom. The third-order valence-electron chi connectivity index (χ3n) is 3.88. The number of fused-ring (bicyclic) bond motifs is 1. The Kier molecular flexibility index (Phi) is 3.22. The Hall–Kier alpha value is -1.53. The van der Waals surface area contributed by atoms with Gasteiger partial charge in [-0.2, -0.15) is 0 Å². The first-order valence-electron chi connectivity index (χ1n) is 6.50. The van der Waals surface area contributed by atoms with Gasteiger partial charge in [0.2, 0.25) is 5.91 Å². The number of benzene rings is 1. The second kappa shape index (κ2) is 4.79. The van der Waals surface area contributed by atoms with Crippen molar-refractivity contribution in [2.75, 3.05) is 5.32 Å². The van der Waals surface area contributed by atoms with E-state index >= 15 is 0 Å². The number of carbonyl (C=O) groups is 1. The van der Waals surface area contributed by atoms with Gasteiger partial charge in [0.25, 0.3) is 0 Å². The first-order chi connectivity index (χ1) is 9.51. The summed E-state index contributed by atoms with van der Waals surface area (Å²) in [6.07, 6.45) is 2.46. The lowest BCUT2D eigenvalue weighted by Crippen LogP contribution is -2.50. The maximum Gasteiger partial charge on any atom is 0.239 e. The highest BCUT2D eigenvalue weighted by Gasteiger charge is 2.47. The smallest absolute Gasteiger partial charge is 0.239 e. The van der Waals surface area contributed by atoms with Gasteiger partial charge in [-0.1, -0.05) is 36.0 Å². The van der Waals surface area contributed by atoms with Crippen molar-refractivity contribution in [1.82, 2.24) is 4.98 Å². The summed E-state index contributed by atoms with van der Waals surface area (Å²) in [6.45, 7) is 2.04. The van der Waals surface area contributed by atoms with Gasteiger partial charge in [-0.15, -0.1) is 0 Å². The molecule has 104 valence electrons. The largest absolute Gasteiger partial charge is 0.392 e. The molecule has 1 saturated carbocycles. The Morgan fingerprint density at radius 2 is 2.25 bits per heavy atom. The van der Waals surface area contributed by atoms with Crippen LogP contribution in [0.25, 0.3) is 10.2 Å². The maximum absolute atomic E-state index is 12.4. The lowest BCUT2D eigenvalue weighted by atomic mass is 9.68. The normalized spacial score (nSPS) is 16.6. The first-order valence-corrected chi connectivity index (χ1v) is 7.72. The van der Waals surface area contributed by atoms with E-state index in [4.69, 9.17) is 18.0 Å². The minimum atomic E-state index is -0.664. The summed E-state index contributed by atoms with van der Waals surface area (Å²) in [4.78, 5) is 17.1. The van der Waals surface area contributed by atoms with Crippen molar-refractivity contribution in [1.29, 1.82) is 0 Å². The monoisotopic (exact) mass is 305 g/mol. The lowest BCUT2D eigenvalue weighted by molar-refractivity contribution is -0.125. The number of thiocarbonyl (C=S) groups is 1. The topological polar surface area (TPSA) is 68.0 Å². The zero-order valence-electron chi connectivity index (χ0n) is 11.1. The van der Waals surface area contributed by atoms with Crippen molar-refractivity contribution in [3.63, 3.8) is 0 Å². The third kappa shape index (κ3) is 2.09. The highest BCUT2D eigenvalue weighted by atomic mass is 32.1. The average Bonchev–Trinajstić information content (AvgIpc) is 2.67. The molecule has 1 aliphatic rings. The van der Waals surface area contributed by atoms with E-state index in [1.165, 1.54) is 16.9 Å². The summed E-state index contributed by atoms with van der Waals surface area (Å²) in [6, 6.07) is 6.04. The fourth-order valence-corrected chi connectivity index (χ4v) is 3.67. The molecule has 1 aliphatic carbocycles. The summed E-state index contributed by atoms with van der Waals surface area (Å²) in [5, 5.41) is 3.49. The summed E-state index contributed by atoms with van der Waals surface area (Å²) in [7, 11) is 0. The van der Waals surface area contributed by atoms with Gasteiger partial charge in [0.05, 0.1) is 20.6 Å². The molecule has 0 saturated heterocycles. The Labute approximate surface area is 126 Å². The van der Waals surface area contributed by atoms with Gasteiger partial charge < -0.3 is 11.1 Å². The molecule has 1 fully saturated rings. The molecular weight excluding hydrogens is 290 g/mol. The number of hydrogen-bond donors (Lipinski definition) is 2. The molecule has 3 rings (SSSR count). The molecule has 0 radical (unpaired) electrons. The van der Waals surface area contributed by atoms with Crippen LogP contribution in [0.3, 0.4) is 0 Å². The number of anilines is 1. The zero-order valence-corrected chi connectivity index (χ0v) is 12.7. The van der Waals surface area contributed by atoms with Crippen LogP contribution in [0.4, 0.5) is 5.13 Å². The highest BCUT2D eigenvalue weighted by Crippen LogP contribution is 2.42. The van der Waals surface area contributed by atoms with E-state index in [9.17, 15) is 4.79 Å². The molecule has 0 atom stereocenters. The van der Waals surface area contributed by atoms with Gasteiger partial charge in [0.15, 0.2) is 5.13 Å². The summed E-state index contributed by atoms with van der Waals surface area (Å²) in [5.41, 5.74) is 7.15. The van der Waals surface area contributed by atoms with Crippen LogP contribution in [0, 0.1) is 12.3 Å². The van der Waals surface area contributed by atoms with Crippen LogP contribution in [0.5, 0.6) is 0 Å². The molecule has 1 amide bonds. The molecule has 1 aromatic heterocycles. The van der Waals surface area contributed by atoms with Crippen LogP contribution in [0.1, 0.15) is 24.8 Å². The molecular formula is C14H15N3OS2. The van der Waals surface area contributed by atoms with E-state index in [1.807, 2.05) is 19.1 Å². The number of amides is 1. The Balaban J connectivity index is 1.86. The Morgan fingerprint density at radius 3 is 2.85 bits per heavy atom. The molecule has 20 heavy (non-hydrogen) atoms. The van der Waals surface area contributed by atoms with Crippen LogP contribution in [0.15, 0.2) is 18.2 Å². The highest BCUT2D eigenvalue weighted by molar-refractivity contribution is 7.80. The van der Waals surface area contributed by atoms with Crippen LogP contribution in [-0.2, 0) is 4.79 Å². The minimum Gasteiger partial charge on any atom is -0.392 e. The van der Waals surface area contributed by atoms with Crippen LogP contribution >= 0.6 is 23.6 Å². The van der Waals surface area contributed by atoms with Crippen molar-refractivity contribution in [2.45, 2.75) is 26.2 Å². The van der Waals surface area contributed by atoms with Crippen molar-refractivity contribution < 1.29 is 4.79 Å². The predicted molar refractivity (Wildman–Crippen MR) is 86.1 cm³/mol. The Bertz CT molecular complexity index is 704. The summed E-state index contributed by atoms with van der Waals surface area (Å²) < 4.78 is 1.07. The molecule has 2 aromatic rings. The number of nitrogens with two attached hydrogens (primary N) is 1. The van der Waals surface area contributed by atoms with Crippen LogP contribution in [-0.4, -0.2) is 15.9 Å². The van der Waals surface area contributed by atoms with Gasteiger partial charge >= 0.3 is 0 Å². The molecule has 3 N–H and O–H groups in total. The van der Waals surface area contributed by atoms with Gasteiger partial charge in [-0.05, 0) is 37.5 Å². The van der Waals surface area contributed by atoms with E-state index in [-0.39, 0.29) is 5.91 Å². The van der Waals surface area contributed by atoms with Crippen LogP contribution < -0.4 is 11.1 Å². The van der Waals surface area contributed by atoms with Gasteiger partial charge in [0.1, 0.15) is 0 Å². The molecule has 1 aromatic carbocycles. The van der Waals surface area contributed by atoms with Gasteiger partial charge in [-0.25, -0.2) is 4.98 Å². The number of nitrogens with zero attached hydrogens (tertiary/aromatic N) is 1. The number of thiazole rings is 1. The molecule has 4 nitrogen and oxygen atoms in total. The van der Waals surface area contributed by atoms with E-state index in [0.29, 0.717) is 10.1 Å². The number of hydrogen-bond acceptors (Lipinski definition) is 4. The second-order valence-electron chi connectivity index (χ2n) is 5.24. The molecule has 0 bridgehead atoms. The van der Waals surface area contributed by atoms with Crippen molar-refractivity contribution in [3.8, 4) is 0 Å². The minimum absolute atomic E-state index is 0.118. The third-order valence-corrected chi connectivity index (χ3v) is 5.20. The van der Waals surface area contributed by atoms with E-state index < -0.39 is 5.41 Å². The number of aryl methyl sites for hydroxylation is 1. The van der Waals surface area contributed by atoms with Crippen LogP contribution in [0.2, 0.25) is 0 Å². The number of rotatable bonds is 3. The maximum atomic E-state index is 12.4. The van der Waals surface area contributed by atoms with Crippen molar-refractivity contribution in [2.24, 2.45) is 11.1 Å². The summed E-state index contributed by atoms with van der Waals surface area (Å²) >= 11 is 6.53. The van der Waals surface area contributed by atoms with E-state index in [2.05, 4.69) is 16.4 Å². The first kappa shape index (κ1) is 13.5. The summed E-state index contributed by atoms with van der Waals surface area (Å²) in [5.74, 6) is -0.118. The fraction of sp³-hybridized carbons (Fsp3) is 0.357. The van der Waals surface area contributed by atoms with Crippen molar-refractivity contribution in [3.05, 3.63) is 23.8 Å². The number of aromatic nitrogens is 1. The van der Waals surface area contributed by atoms with E-state index in [1.54, 1.807) is 0 Å².